The molecule has 344 valence electrons. The maximum atomic E-state index is 10.2. The summed E-state index contributed by atoms with van der Waals surface area (Å²) in [6, 6.07) is 61.2. The molecule has 8 aromatic rings. The molecule has 0 aliphatic heterocycles. The molecule has 0 saturated heterocycles. The van der Waals surface area contributed by atoms with Gasteiger partial charge in [0.05, 0.1) is 17.0 Å². The molecule has 10 aliphatic rings. The molecule has 8 bridgehead atoms. The van der Waals surface area contributed by atoms with Crippen LogP contribution in [0, 0.1) is 46.8 Å². The maximum Gasteiger partial charge on any atom is 0.164 e. The Bertz CT molecular complexity index is 3520. The van der Waals surface area contributed by atoms with Gasteiger partial charge in [-0.05, 0) is 220 Å². The Morgan fingerprint density at radius 3 is 1.41 bits per heavy atom. The van der Waals surface area contributed by atoms with Crippen molar-refractivity contribution in [3.8, 4) is 73.6 Å². The number of benzene rings is 7. The van der Waals surface area contributed by atoms with E-state index in [0.717, 1.165) is 58.0 Å². The highest BCUT2D eigenvalue weighted by molar-refractivity contribution is 5.96. The molecular formula is C67H56N4. The fourth-order valence-electron chi connectivity index (χ4n) is 17.9. The largest absolute Gasteiger partial charge is 0.208 e. The van der Waals surface area contributed by atoms with Crippen LogP contribution in [0.15, 0.2) is 158 Å². The second-order valence-corrected chi connectivity index (χ2v) is 23.9. The van der Waals surface area contributed by atoms with Crippen LogP contribution in [0.3, 0.4) is 0 Å². The van der Waals surface area contributed by atoms with Gasteiger partial charge in [-0.25, -0.2) is 15.0 Å². The fourth-order valence-corrected chi connectivity index (χ4v) is 17.9. The van der Waals surface area contributed by atoms with E-state index in [2.05, 4.69) is 158 Å². The van der Waals surface area contributed by atoms with Crippen molar-refractivity contribution in [1.82, 2.24) is 15.0 Å². The third kappa shape index (κ3) is 5.93. The lowest BCUT2D eigenvalue weighted by atomic mass is 9.48. The molecular weight excluding hydrogens is 861 g/mol. The van der Waals surface area contributed by atoms with Crippen molar-refractivity contribution in [2.24, 2.45) is 35.5 Å². The second-order valence-electron chi connectivity index (χ2n) is 23.9. The number of nitrogens with zero attached hydrogens (tertiary/aromatic N) is 4. The van der Waals surface area contributed by atoms with Crippen LogP contribution in [0.5, 0.6) is 0 Å². The Balaban J connectivity index is 0.832. The molecule has 18 rings (SSSR count). The summed E-state index contributed by atoms with van der Waals surface area (Å²) in [4.78, 5) is 16.3. The van der Waals surface area contributed by atoms with Crippen LogP contribution in [0.4, 0.5) is 0 Å². The van der Waals surface area contributed by atoms with Gasteiger partial charge in [0.25, 0.3) is 0 Å². The summed E-state index contributed by atoms with van der Waals surface area (Å²) in [6.45, 7) is 0. The third-order valence-corrected chi connectivity index (χ3v) is 19.9. The monoisotopic (exact) mass is 916 g/mol. The number of rotatable bonds is 6. The van der Waals surface area contributed by atoms with Crippen LogP contribution in [0.25, 0.3) is 67.5 Å². The van der Waals surface area contributed by atoms with Crippen LogP contribution in [-0.2, 0) is 16.2 Å². The topological polar surface area (TPSA) is 62.5 Å². The summed E-state index contributed by atoms with van der Waals surface area (Å²) in [7, 11) is 0. The van der Waals surface area contributed by atoms with E-state index < -0.39 is 5.41 Å². The van der Waals surface area contributed by atoms with Gasteiger partial charge in [0.1, 0.15) is 0 Å². The Hall–Kier alpha value is -6.96. The SMILES string of the molecule is N#Cc1ccc2c(c1)C1(c3ccccc3-c3cc(-c4nc(-c5cccc(-c6ccc(C78C[C@H]9C[C@@H](C7)C[C@@H](C8)C9)cc6)c5)nc(-c5cccc(C67C[C@H]8C[C@@H](C6)C[C@@H](C7)C8)c5)n4)ccc31)c1ccccc1-2. The predicted molar refractivity (Wildman–Crippen MR) is 282 cm³/mol. The molecule has 4 nitrogen and oxygen atoms in total. The van der Waals surface area contributed by atoms with Gasteiger partial charge in [-0.2, -0.15) is 5.26 Å². The average molecular weight is 917 g/mol. The normalized spacial score (nSPS) is 29.5. The first-order chi connectivity index (χ1) is 34.9. The molecule has 1 unspecified atom stereocenters. The van der Waals surface area contributed by atoms with Crippen LogP contribution < -0.4 is 0 Å². The number of fused-ring (bicyclic) bond motifs is 10. The van der Waals surface area contributed by atoms with Gasteiger partial charge in [-0.15, -0.1) is 0 Å². The lowest BCUT2D eigenvalue weighted by molar-refractivity contribution is -0.00529. The average Bonchev–Trinajstić information content (AvgIpc) is 3.87. The molecule has 8 fully saturated rings. The van der Waals surface area contributed by atoms with Crippen molar-refractivity contribution < 1.29 is 0 Å². The van der Waals surface area contributed by atoms with Gasteiger partial charge in [0.15, 0.2) is 17.5 Å². The highest BCUT2D eigenvalue weighted by Crippen LogP contribution is 2.65. The second kappa shape index (κ2) is 14.8. The van der Waals surface area contributed by atoms with Gasteiger partial charge in [0.2, 0.25) is 0 Å². The Morgan fingerprint density at radius 1 is 0.352 bits per heavy atom. The van der Waals surface area contributed by atoms with Gasteiger partial charge < -0.3 is 0 Å². The predicted octanol–water partition coefficient (Wildman–Crippen LogP) is 15.7. The molecule has 0 radical (unpaired) electrons. The Kier molecular flexibility index (Phi) is 8.49. The zero-order valence-corrected chi connectivity index (χ0v) is 40.2. The molecule has 1 spiro atoms. The summed E-state index contributed by atoms with van der Waals surface area (Å²) in [6.07, 6.45) is 16.8. The minimum atomic E-state index is -0.551. The molecule has 4 heteroatoms. The standard InChI is InChI=1S/C67H56N4/c68-39-40-15-21-56-54-11-1-3-13-58(54)67(61(56)29-40)59-14-4-2-12-55(59)57-32-51(18-22-60(57)67)64-70-62(69-63(71-64)50-9-6-10-53(31-50)66-36-44-26-45(37-66)28-46(27-44)38-66)49-8-5-7-48(30-49)47-16-19-52(20-17-47)65-33-41-23-42(34-65)25-43(24-41)35-65/h1-22,29-32,41-46H,23-28,33-38H2/t41-,42+,43-,44-,45+,46-,65?,66?,67?. The van der Waals surface area contributed by atoms with Crippen LogP contribution in [0.1, 0.15) is 116 Å². The van der Waals surface area contributed by atoms with Crippen molar-refractivity contribution in [3.05, 3.63) is 197 Å². The van der Waals surface area contributed by atoms with Crippen molar-refractivity contribution >= 4 is 0 Å². The first-order valence-corrected chi connectivity index (χ1v) is 26.9. The molecule has 7 aromatic carbocycles. The number of aromatic nitrogens is 3. The van der Waals surface area contributed by atoms with Gasteiger partial charge in [0, 0.05) is 16.7 Å². The summed E-state index contributed by atoms with van der Waals surface area (Å²) >= 11 is 0. The van der Waals surface area contributed by atoms with E-state index in [9.17, 15) is 5.26 Å². The Labute approximate surface area is 417 Å². The van der Waals surface area contributed by atoms with Gasteiger partial charge in [-0.3, -0.25) is 0 Å². The van der Waals surface area contributed by atoms with Crippen molar-refractivity contribution in [1.29, 1.82) is 5.26 Å². The third-order valence-electron chi connectivity index (χ3n) is 19.9. The highest BCUT2D eigenvalue weighted by Gasteiger charge is 2.54. The van der Waals surface area contributed by atoms with E-state index >= 15 is 0 Å². The highest BCUT2D eigenvalue weighted by atomic mass is 15.0. The van der Waals surface area contributed by atoms with Crippen molar-refractivity contribution in [3.63, 3.8) is 0 Å². The quantitative estimate of drug-likeness (QED) is 0.167. The molecule has 1 atom stereocenters. The maximum absolute atomic E-state index is 10.2. The number of hydrogen-bond acceptors (Lipinski definition) is 4. The van der Waals surface area contributed by atoms with Gasteiger partial charge in [-0.1, -0.05) is 127 Å². The Morgan fingerprint density at radius 2 is 0.817 bits per heavy atom. The summed E-state index contributed by atoms with van der Waals surface area (Å²) in [5.41, 5.74) is 18.9. The smallest absolute Gasteiger partial charge is 0.164 e. The molecule has 10 aliphatic carbocycles. The molecule has 1 aromatic heterocycles. The van der Waals surface area contributed by atoms with E-state index in [1.54, 1.807) is 5.56 Å². The van der Waals surface area contributed by atoms with Gasteiger partial charge >= 0.3 is 0 Å². The van der Waals surface area contributed by atoms with Crippen molar-refractivity contribution in [2.45, 2.75) is 93.3 Å². The summed E-state index contributed by atoms with van der Waals surface area (Å²) in [5, 5.41) is 10.2. The first-order valence-electron chi connectivity index (χ1n) is 26.9. The van der Waals surface area contributed by atoms with E-state index in [4.69, 9.17) is 15.0 Å². The molecule has 0 amide bonds. The minimum absolute atomic E-state index is 0.262. The molecule has 1 heterocycles. The van der Waals surface area contributed by atoms with E-state index in [-0.39, 0.29) is 5.41 Å². The first kappa shape index (κ1) is 40.7. The van der Waals surface area contributed by atoms with Crippen molar-refractivity contribution in [2.75, 3.05) is 0 Å². The molecule has 0 N–H and O–H groups in total. The molecule has 8 saturated carbocycles. The number of nitriles is 1. The zero-order chi connectivity index (χ0) is 46.6. The lowest BCUT2D eigenvalue weighted by Crippen LogP contribution is -2.48. The minimum Gasteiger partial charge on any atom is -0.208 e. The fraction of sp³-hybridized carbons (Fsp3) is 0.313. The van der Waals surface area contributed by atoms with Crippen LogP contribution in [0.2, 0.25) is 0 Å². The summed E-state index contributed by atoms with van der Waals surface area (Å²) < 4.78 is 0. The molecule has 71 heavy (non-hydrogen) atoms. The lowest BCUT2D eigenvalue weighted by Gasteiger charge is -2.57. The van der Waals surface area contributed by atoms with Crippen LogP contribution in [-0.4, -0.2) is 15.0 Å². The van der Waals surface area contributed by atoms with E-state index in [0.29, 0.717) is 22.6 Å². The van der Waals surface area contributed by atoms with Crippen LogP contribution >= 0.6 is 0 Å². The van der Waals surface area contributed by atoms with E-state index in [1.165, 1.54) is 138 Å². The zero-order valence-electron chi connectivity index (χ0n) is 40.2. The summed E-state index contributed by atoms with van der Waals surface area (Å²) in [5.74, 6) is 7.47. The van der Waals surface area contributed by atoms with E-state index in [1.807, 2.05) is 6.07 Å². The number of hydrogen-bond donors (Lipinski definition) is 0.